The molecular formula is C14H17NO4. The Morgan fingerprint density at radius 3 is 2.89 bits per heavy atom. The summed E-state index contributed by atoms with van der Waals surface area (Å²) in [7, 11) is 1.56. The maximum atomic E-state index is 11.9. The fraction of sp³-hybridized carbons (Fsp3) is 0.429. The van der Waals surface area contributed by atoms with E-state index in [9.17, 15) is 9.59 Å². The lowest BCUT2D eigenvalue weighted by atomic mass is 10.00. The average molecular weight is 263 g/mol. The van der Waals surface area contributed by atoms with Crippen LogP contribution >= 0.6 is 0 Å². The van der Waals surface area contributed by atoms with Crippen molar-refractivity contribution < 1.29 is 19.1 Å². The number of benzene rings is 1. The minimum absolute atomic E-state index is 0.0778. The van der Waals surface area contributed by atoms with Crippen LogP contribution in [0.1, 0.15) is 23.7 Å². The highest BCUT2D eigenvalue weighted by Crippen LogP contribution is 2.30. The fourth-order valence-electron chi connectivity index (χ4n) is 2.16. The zero-order valence-corrected chi connectivity index (χ0v) is 11.1. The first-order valence-electron chi connectivity index (χ1n) is 6.27. The number of Topliss-reactive ketones (excluding diaryl/α,β-unsaturated/α-hetero) is 1. The third kappa shape index (κ3) is 2.86. The van der Waals surface area contributed by atoms with Gasteiger partial charge in [-0.05, 0) is 25.1 Å². The molecule has 0 bridgehead atoms. The van der Waals surface area contributed by atoms with Crippen molar-refractivity contribution in [3.05, 3.63) is 23.8 Å². The lowest BCUT2D eigenvalue weighted by Gasteiger charge is -2.29. The second-order valence-electron chi connectivity index (χ2n) is 4.28. The van der Waals surface area contributed by atoms with Crippen molar-refractivity contribution in [1.29, 1.82) is 0 Å². The highest BCUT2D eigenvalue weighted by molar-refractivity contribution is 6.04. The summed E-state index contributed by atoms with van der Waals surface area (Å²) in [6, 6.07) is 5.31. The third-order valence-electron chi connectivity index (χ3n) is 3.08. The van der Waals surface area contributed by atoms with Crippen molar-refractivity contribution in [2.45, 2.75) is 13.3 Å². The molecule has 19 heavy (non-hydrogen) atoms. The van der Waals surface area contributed by atoms with Crippen molar-refractivity contribution in [1.82, 2.24) is 0 Å². The molecule has 0 N–H and O–H groups in total. The molecule has 1 aliphatic rings. The van der Waals surface area contributed by atoms with Crippen LogP contribution in [0.15, 0.2) is 18.2 Å². The molecule has 5 nitrogen and oxygen atoms in total. The molecular weight excluding hydrogens is 246 g/mol. The number of ether oxygens (including phenoxy) is 2. The van der Waals surface area contributed by atoms with Gasteiger partial charge in [0, 0.05) is 24.2 Å². The molecule has 5 heteroatoms. The lowest BCUT2D eigenvalue weighted by molar-refractivity contribution is -0.141. The summed E-state index contributed by atoms with van der Waals surface area (Å²) in [5, 5.41) is 0. The Hall–Kier alpha value is -2.04. The molecule has 0 spiro atoms. The Morgan fingerprint density at radius 1 is 1.42 bits per heavy atom. The van der Waals surface area contributed by atoms with E-state index in [0.29, 0.717) is 30.9 Å². The van der Waals surface area contributed by atoms with Crippen LogP contribution in [-0.2, 0) is 9.53 Å². The Balaban J connectivity index is 2.24. The number of esters is 1. The molecule has 0 amide bonds. The number of methoxy groups -OCH3 is 1. The molecule has 0 saturated heterocycles. The number of rotatable bonds is 4. The third-order valence-corrected chi connectivity index (χ3v) is 3.08. The van der Waals surface area contributed by atoms with E-state index in [1.165, 1.54) is 0 Å². The Labute approximate surface area is 112 Å². The second-order valence-corrected chi connectivity index (χ2v) is 4.28. The van der Waals surface area contributed by atoms with Gasteiger partial charge in [0.15, 0.2) is 5.78 Å². The molecule has 0 unspecified atom stereocenters. The number of ketones is 1. The molecule has 2 rings (SSSR count). The summed E-state index contributed by atoms with van der Waals surface area (Å²) in [6.45, 7) is 2.84. The summed E-state index contributed by atoms with van der Waals surface area (Å²) in [4.78, 5) is 25.3. The van der Waals surface area contributed by atoms with Crippen LogP contribution in [0.5, 0.6) is 5.75 Å². The molecule has 1 aliphatic heterocycles. The van der Waals surface area contributed by atoms with Gasteiger partial charge in [0.1, 0.15) is 12.3 Å². The zero-order valence-electron chi connectivity index (χ0n) is 11.1. The number of anilines is 1. The van der Waals surface area contributed by atoms with Crippen LogP contribution in [-0.4, -0.2) is 38.6 Å². The highest BCUT2D eigenvalue weighted by Gasteiger charge is 2.25. The number of carbonyl (C=O) groups excluding carboxylic acids is 2. The topological polar surface area (TPSA) is 55.8 Å². The van der Waals surface area contributed by atoms with Gasteiger partial charge in [0.25, 0.3) is 0 Å². The van der Waals surface area contributed by atoms with E-state index in [0.717, 1.165) is 5.69 Å². The summed E-state index contributed by atoms with van der Waals surface area (Å²) in [5.74, 6) is 0.442. The van der Waals surface area contributed by atoms with Gasteiger partial charge in [0.05, 0.1) is 13.7 Å². The molecule has 1 aromatic carbocycles. The average Bonchev–Trinajstić information content (AvgIpc) is 2.42. The largest absolute Gasteiger partial charge is 0.497 e. The van der Waals surface area contributed by atoms with Crippen LogP contribution < -0.4 is 9.64 Å². The quantitative estimate of drug-likeness (QED) is 0.773. The molecule has 0 aromatic heterocycles. The number of nitrogens with zero attached hydrogens (tertiary/aromatic N) is 1. The zero-order chi connectivity index (χ0) is 13.8. The molecule has 0 aliphatic carbocycles. The summed E-state index contributed by atoms with van der Waals surface area (Å²) in [6.07, 6.45) is 0.402. The molecule has 0 radical (unpaired) electrons. The van der Waals surface area contributed by atoms with E-state index in [4.69, 9.17) is 9.47 Å². The standard InChI is InChI=1S/C14H17NO4/c1-3-19-14(17)9-15-7-6-13(16)11-8-10(18-2)4-5-12(11)15/h4-5,8H,3,6-7,9H2,1-2H3. The van der Waals surface area contributed by atoms with Gasteiger partial charge in [-0.15, -0.1) is 0 Å². The maximum Gasteiger partial charge on any atom is 0.325 e. The van der Waals surface area contributed by atoms with Gasteiger partial charge in [-0.2, -0.15) is 0 Å². The number of carbonyl (C=O) groups is 2. The normalized spacial score (nSPS) is 14.0. The van der Waals surface area contributed by atoms with Crippen molar-refractivity contribution >= 4 is 17.4 Å². The first kappa shape index (κ1) is 13.4. The second kappa shape index (κ2) is 5.73. The number of hydrogen-bond acceptors (Lipinski definition) is 5. The van der Waals surface area contributed by atoms with Gasteiger partial charge in [-0.1, -0.05) is 0 Å². The summed E-state index contributed by atoms with van der Waals surface area (Å²) in [5.41, 5.74) is 1.38. The van der Waals surface area contributed by atoms with Crippen molar-refractivity contribution in [2.24, 2.45) is 0 Å². The van der Waals surface area contributed by atoms with Crippen molar-refractivity contribution in [2.75, 3.05) is 31.7 Å². The van der Waals surface area contributed by atoms with E-state index in [-0.39, 0.29) is 18.3 Å². The van der Waals surface area contributed by atoms with E-state index in [2.05, 4.69) is 0 Å². The Bertz CT molecular complexity index is 498. The lowest BCUT2D eigenvalue weighted by Crippen LogP contribution is -2.36. The van der Waals surface area contributed by atoms with E-state index < -0.39 is 0 Å². The van der Waals surface area contributed by atoms with Crippen LogP contribution in [0, 0.1) is 0 Å². The number of fused-ring (bicyclic) bond motifs is 1. The van der Waals surface area contributed by atoms with Crippen LogP contribution in [0.25, 0.3) is 0 Å². The smallest absolute Gasteiger partial charge is 0.325 e. The monoisotopic (exact) mass is 263 g/mol. The Morgan fingerprint density at radius 2 is 2.21 bits per heavy atom. The molecule has 0 fully saturated rings. The minimum atomic E-state index is -0.279. The van der Waals surface area contributed by atoms with Gasteiger partial charge in [-0.3, -0.25) is 9.59 Å². The molecule has 0 saturated carbocycles. The highest BCUT2D eigenvalue weighted by atomic mass is 16.5. The predicted molar refractivity (Wildman–Crippen MR) is 70.8 cm³/mol. The van der Waals surface area contributed by atoms with Gasteiger partial charge in [0.2, 0.25) is 0 Å². The molecule has 102 valence electrons. The minimum Gasteiger partial charge on any atom is -0.497 e. The van der Waals surface area contributed by atoms with Gasteiger partial charge in [-0.25, -0.2) is 0 Å². The molecule has 0 atom stereocenters. The summed E-state index contributed by atoms with van der Waals surface area (Å²) >= 11 is 0. The van der Waals surface area contributed by atoms with Crippen molar-refractivity contribution in [3.63, 3.8) is 0 Å². The van der Waals surface area contributed by atoms with E-state index >= 15 is 0 Å². The summed E-state index contributed by atoms with van der Waals surface area (Å²) < 4.78 is 10.1. The van der Waals surface area contributed by atoms with Gasteiger partial charge < -0.3 is 14.4 Å². The fourth-order valence-corrected chi connectivity index (χ4v) is 2.16. The van der Waals surface area contributed by atoms with Crippen LogP contribution in [0.3, 0.4) is 0 Å². The first-order valence-corrected chi connectivity index (χ1v) is 6.27. The SMILES string of the molecule is CCOC(=O)CN1CCC(=O)c2cc(OC)ccc21. The predicted octanol–water partition coefficient (Wildman–Crippen LogP) is 1.65. The van der Waals surface area contributed by atoms with Crippen molar-refractivity contribution in [3.8, 4) is 5.75 Å². The molecule has 1 aromatic rings. The van der Waals surface area contributed by atoms with Gasteiger partial charge >= 0.3 is 5.97 Å². The Kier molecular flexibility index (Phi) is 4.04. The van der Waals surface area contributed by atoms with Crippen LogP contribution in [0.2, 0.25) is 0 Å². The van der Waals surface area contributed by atoms with E-state index in [1.54, 1.807) is 26.2 Å². The first-order chi connectivity index (χ1) is 9.15. The van der Waals surface area contributed by atoms with E-state index in [1.807, 2.05) is 11.0 Å². The van der Waals surface area contributed by atoms with Crippen LogP contribution in [0.4, 0.5) is 5.69 Å². The number of hydrogen-bond donors (Lipinski definition) is 0. The molecule has 1 heterocycles. The maximum absolute atomic E-state index is 11.9.